The summed E-state index contributed by atoms with van der Waals surface area (Å²) in [7, 11) is 1.81. The number of nitrogens with one attached hydrogen (secondary N) is 1. The number of aromatic nitrogens is 3. The Morgan fingerprint density at radius 1 is 1.29 bits per heavy atom. The first-order chi connectivity index (χ1) is 14.8. The molecular formula is C23H20ClN5O2. The molecule has 0 spiro atoms. The fourth-order valence-electron chi connectivity index (χ4n) is 3.65. The van der Waals surface area contributed by atoms with Crippen LogP contribution in [0.5, 0.6) is 0 Å². The van der Waals surface area contributed by atoms with Gasteiger partial charge in [-0.05, 0) is 44.5 Å². The summed E-state index contributed by atoms with van der Waals surface area (Å²) < 4.78 is 7.96. The Morgan fingerprint density at radius 2 is 2.06 bits per heavy atom. The maximum atomic E-state index is 13.2. The maximum absolute atomic E-state index is 13.2. The molecule has 0 bridgehead atoms. The average molecular weight is 434 g/mol. The lowest BCUT2D eigenvalue weighted by atomic mass is 9.99. The number of benzene rings is 1. The number of nitrogens with zero attached hydrogens (tertiary/aromatic N) is 4. The third kappa shape index (κ3) is 3.78. The van der Waals surface area contributed by atoms with Crippen molar-refractivity contribution in [2.45, 2.75) is 26.8 Å². The summed E-state index contributed by atoms with van der Waals surface area (Å²) in [5, 5.41) is 17.7. The Hall–Kier alpha value is -3.63. The minimum atomic E-state index is -0.273. The Labute approximate surface area is 183 Å². The second-order valence-corrected chi connectivity index (χ2v) is 7.91. The Morgan fingerprint density at radius 3 is 2.74 bits per heavy atom. The van der Waals surface area contributed by atoms with Gasteiger partial charge in [0, 0.05) is 24.4 Å². The van der Waals surface area contributed by atoms with Crippen LogP contribution in [0.1, 0.15) is 35.3 Å². The molecule has 0 aliphatic carbocycles. The number of rotatable bonds is 4. The zero-order chi connectivity index (χ0) is 22.3. The lowest BCUT2D eigenvalue weighted by molar-refractivity contribution is 0.605. The van der Waals surface area contributed by atoms with Crippen LogP contribution in [-0.4, -0.2) is 14.8 Å². The van der Waals surface area contributed by atoms with E-state index in [4.69, 9.17) is 16.0 Å². The number of hydrogen-bond acceptors (Lipinski definition) is 6. The van der Waals surface area contributed by atoms with Gasteiger partial charge in [-0.2, -0.15) is 10.4 Å². The molecule has 31 heavy (non-hydrogen) atoms. The van der Waals surface area contributed by atoms with Crippen molar-refractivity contribution in [2.24, 2.45) is 7.05 Å². The quantitative estimate of drug-likeness (QED) is 0.459. The fourth-order valence-corrected chi connectivity index (χ4v) is 3.80. The molecule has 156 valence electrons. The van der Waals surface area contributed by atoms with E-state index in [0.717, 1.165) is 16.7 Å². The predicted octanol–water partition coefficient (Wildman–Crippen LogP) is 4.90. The van der Waals surface area contributed by atoms with Gasteiger partial charge < -0.3 is 9.73 Å². The van der Waals surface area contributed by atoms with Crippen molar-refractivity contribution in [2.75, 3.05) is 5.32 Å². The second kappa shape index (κ2) is 7.89. The van der Waals surface area contributed by atoms with Crippen LogP contribution >= 0.6 is 11.6 Å². The van der Waals surface area contributed by atoms with Crippen molar-refractivity contribution in [1.82, 2.24) is 14.8 Å². The highest BCUT2D eigenvalue weighted by molar-refractivity contribution is 6.29. The summed E-state index contributed by atoms with van der Waals surface area (Å²) in [6.45, 7) is 5.63. The average Bonchev–Trinajstić information content (AvgIpc) is 3.17. The molecule has 4 rings (SSSR count). The number of hydrogen-bond donors (Lipinski definition) is 1. The third-order valence-corrected chi connectivity index (χ3v) is 5.38. The Kier molecular flexibility index (Phi) is 5.25. The van der Waals surface area contributed by atoms with Crippen LogP contribution in [0, 0.1) is 25.2 Å². The van der Waals surface area contributed by atoms with E-state index in [1.54, 1.807) is 29.9 Å². The molecular weight excluding hydrogens is 414 g/mol. The number of pyridine rings is 1. The molecule has 0 radical (unpaired) electrons. The van der Waals surface area contributed by atoms with Gasteiger partial charge in [-0.25, -0.2) is 4.98 Å². The first-order valence-electron chi connectivity index (χ1n) is 9.68. The molecule has 4 aromatic rings. The van der Waals surface area contributed by atoms with E-state index >= 15 is 0 Å². The van der Waals surface area contributed by atoms with Crippen LogP contribution < -0.4 is 10.7 Å². The van der Waals surface area contributed by atoms with Crippen LogP contribution in [0.4, 0.5) is 5.69 Å². The van der Waals surface area contributed by atoms with Crippen LogP contribution in [0.2, 0.25) is 5.15 Å². The highest BCUT2D eigenvalue weighted by Gasteiger charge is 2.20. The van der Waals surface area contributed by atoms with Crippen molar-refractivity contribution >= 4 is 28.3 Å². The normalized spacial score (nSPS) is 12.0. The Bertz CT molecular complexity index is 1410. The summed E-state index contributed by atoms with van der Waals surface area (Å²) >= 11 is 5.91. The summed E-state index contributed by atoms with van der Waals surface area (Å²) in [4.78, 5) is 17.2. The highest BCUT2D eigenvalue weighted by atomic mass is 35.5. The van der Waals surface area contributed by atoms with E-state index in [0.29, 0.717) is 28.0 Å². The van der Waals surface area contributed by atoms with Crippen molar-refractivity contribution in [3.8, 4) is 17.4 Å². The monoisotopic (exact) mass is 433 g/mol. The van der Waals surface area contributed by atoms with Crippen molar-refractivity contribution in [3.63, 3.8) is 0 Å². The molecule has 0 amide bonds. The molecule has 3 heterocycles. The van der Waals surface area contributed by atoms with Crippen molar-refractivity contribution in [3.05, 3.63) is 74.4 Å². The van der Waals surface area contributed by atoms with Gasteiger partial charge in [0.05, 0.1) is 28.9 Å². The molecule has 0 aliphatic rings. The lowest BCUT2D eigenvalue weighted by Gasteiger charge is -2.19. The number of anilines is 1. The van der Waals surface area contributed by atoms with Gasteiger partial charge in [0.1, 0.15) is 22.6 Å². The van der Waals surface area contributed by atoms with E-state index in [1.807, 2.05) is 39.2 Å². The summed E-state index contributed by atoms with van der Waals surface area (Å²) in [5.41, 5.74) is 4.18. The van der Waals surface area contributed by atoms with Crippen LogP contribution in [0.15, 0.2) is 45.9 Å². The minimum absolute atomic E-state index is 0.0804. The standard InChI is InChI=1S/C23H20ClN5O2/c1-12-7-16(14(3)27-18-5-6-20(24)28-19(18)9-25)23-17(8-12)21(30)13(2)22(31-23)15-10-26-29(4)11-15/h5-8,10-11,14,27H,1-4H3/t14-/m1/s1. The zero-order valence-electron chi connectivity index (χ0n) is 17.5. The molecule has 8 heteroatoms. The first-order valence-corrected chi connectivity index (χ1v) is 10.1. The van der Waals surface area contributed by atoms with Gasteiger partial charge in [0.25, 0.3) is 0 Å². The topological polar surface area (TPSA) is 96.7 Å². The summed E-state index contributed by atoms with van der Waals surface area (Å²) in [5.74, 6) is 0.494. The Balaban J connectivity index is 1.89. The van der Waals surface area contributed by atoms with Crippen LogP contribution in [-0.2, 0) is 7.05 Å². The van der Waals surface area contributed by atoms with Crippen LogP contribution in [0.25, 0.3) is 22.3 Å². The van der Waals surface area contributed by atoms with Crippen molar-refractivity contribution < 1.29 is 4.42 Å². The largest absolute Gasteiger partial charge is 0.455 e. The lowest BCUT2D eigenvalue weighted by Crippen LogP contribution is -2.13. The summed E-state index contributed by atoms with van der Waals surface area (Å²) in [6.07, 6.45) is 3.48. The smallest absolute Gasteiger partial charge is 0.196 e. The molecule has 0 unspecified atom stereocenters. The first kappa shape index (κ1) is 20.6. The molecule has 0 fully saturated rings. The minimum Gasteiger partial charge on any atom is -0.455 e. The third-order valence-electron chi connectivity index (χ3n) is 5.16. The zero-order valence-corrected chi connectivity index (χ0v) is 18.3. The number of aryl methyl sites for hydroxylation is 2. The SMILES string of the molecule is Cc1cc([C@@H](C)Nc2ccc(Cl)nc2C#N)c2oc(-c3cnn(C)c3)c(C)c(=O)c2c1. The molecule has 0 aliphatic heterocycles. The highest BCUT2D eigenvalue weighted by Crippen LogP contribution is 2.32. The number of nitriles is 1. The van der Waals surface area contributed by atoms with Gasteiger partial charge >= 0.3 is 0 Å². The van der Waals surface area contributed by atoms with Crippen molar-refractivity contribution in [1.29, 1.82) is 5.26 Å². The molecule has 0 saturated heterocycles. The fraction of sp³-hybridized carbons (Fsp3) is 0.217. The van der Waals surface area contributed by atoms with E-state index in [1.165, 1.54) is 0 Å². The molecule has 3 aromatic heterocycles. The van der Waals surface area contributed by atoms with E-state index in [-0.39, 0.29) is 22.3 Å². The maximum Gasteiger partial charge on any atom is 0.196 e. The van der Waals surface area contributed by atoms with Gasteiger partial charge in [0.2, 0.25) is 0 Å². The van der Waals surface area contributed by atoms with Crippen LogP contribution in [0.3, 0.4) is 0 Å². The molecule has 0 saturated carbocycles. The second-order valence-electron chi connectivity index (χ2n) is 7.53. The number of fused-ring (bicyclic) bond motifs is 1. The number of halogens is 1. The van der Waals surface area contributed by atoms with E-state index < -0.39 is 0 Å². The van der Waals surface area contributed by atoms with Gasteiger partial charge in [0.15, 0.2) is 11.1 Å². The van der Waals surface area contributed by atoms with E-state index in [2.05, 4.69) is 21.5 Å². The van der Waals surface area contributed by atoms with Gasteiger partial charge in [-0.15, -0.1) is 0 Å². The molecule has 1 N–H and O–H groups in total. The predicted molar refractivity (Wildman–Crippen MR) is 120 cm³/mol. The van der Waals surface area contributed by atoms with E-state index in [9.17, 15) is 10.1 Å². The van der Waals surface area contributed by atoms with Gasteiger partial charge in [-0.1, -0.05) is 17.7 Å². The molecule has 7 nitrogen and oxygen atoms in total. The molecule has 1 aromatic carbocycles. The van der Waals surface area contributed by atoms with Gasteiger partial charge in [-0.3, -0.25) is 9.48 Å². The molecule has 1 atom stereocenters. The summed E-state index contributed by atoms with van der Waals surface area (Å²) in [6, 6.07) is 8.92.